The Bertz CT molecular complexity index is 674. The molecule has 0 fully saturated rings. The fourth-order valence-corrected chi connectivity index (χ4v) is 3.14. The van der Waals surface area contributed by atoms with E-state index in [1.165, 1.54) is 11.1 Å². The number of aryl methyl sites for hydroxylation is 2. The molecule has 1 aromatic heterocycles. The van der Waals surface area contributed by atoms with Gasteiger partial charge in [0.2, 0.25) is 11.9 Å². The van der Waals surface area contributed by atoms with Gasteiger partial charge in [-0.25, -0.2) is 0 Å². The zero-order chi connectivity index (χ0) is 15.5. The topological polar surface area (TPSA) is 76.7 Å². The lowest BCUT2D eigenvalue weighted by atomic mass is 9.88. The van der Waals surface area contributed by atoms with E-state index in [1.807, 2.05) is 6.07 Å². The van der Waals surface area contributed by atoms with Crippen molar-refractivity contribution < 1.29 is 0 Å². The van der Waals surface area contributed by atoms with E-state index in [-0.39, 0.29) is 12.0 Å². The number of fused-ring (bicyclic) bond motifs is 1. The van der Waals surface area contributed by atoms with E-state index >= 15 is 0 Å². The summed E-state index contributed by atoms with van der Waals surface area (Å²) in [5.41, 5.74) is 8.46. The van der Waals surface area contributed by atoms with Crippen LogP contribution in [0.25, 0.3) is 0 Å². The first-order valence-corrected chi connectivity index (χ1v) is 8.19. The van der Waals surface area contributed by atoms with E-state index in [0.29, 0.717) is 5.95 Å². The number of benzene rings is 1. The number of thiol groups is 1. The molecule has 1 atom stereocenters. The van der Waals surface area contributed by atoms with E-state index in [4.69, 9.17) is 5.73 Å². The molecule has 5 nitrogen and oxygen atoms in total. The van der Waals surface area contributed by atoms with Gasteiger partial charge in [0.1, 0.15) is 5.82 Å². The summed E-state index contributed by atoms with van der Waals surface area (Å²) in [6, 6.07) is 6.54. The second-order valence-electron chi connectivity index (χ2n) is 5.66. The number of nitrogens with zero attached hydrogens (tertiary/aromatic N) is 3. The van der Waals surface area contributed by atoms with Gasteiger partial charge in [-0.3, -0.25) is 0 Å². The highest BCUT2D eigenvalue weighted by Crippen LogP contribution is 2.33. The van der Waals surface area contributed by atoms with Crippen molar-refractivity contribution in [2.24, 2.45) is 0 Å². The Morgan fingerprint density at radius 3 is 3.00 bits per heavy atom. The summed E-state index contributed by atoms with van der Waals surface area (Å²) in [6.07, 6.45) is 5.11. The van der Waals surface area contributed by atoms with Crippen molar-refractivity contribution in [3.8, 4) is 0 Å². The third-order valence-corrected chi connectivity index (χ3v) is 4.20. The molecule has 22 heavy (non-hydrogen) atoms. The third-order valence-electron chi connectivity index (χ3n) is 3.92. The second kappa shape index (κ2) is 6.52. The van der Waals surface area contributed by atoms with E-state index in [2.05, 4.69) is 52.0 Å². The first-order valence-electron chi connectivity index (χ1n) is 7.74. The number of hydrogen-bond donors (Lipinski definition) is 3. The molecule has 2 aromatic rings. The Hall–Kier alpha value is -1.82. The molecule has 1 aliphatic carbocycles. The highest BCUT2D eigenvalue weighted by atomic mass is 32.1. The molecule has 0 bridgehead atoms. The Balaban J connectivity index is 1.87. The molecule has 6 heteroatoms. The molecule has 1 aliphatic rings. The lowest BCUT2D eigenvalue weighted by Gasteiger charge is -2.26. The summed E-state index contributed by atoms with van der Waals surface area (Å²) in [4.78, 5) is 13.9. The highest BCUT2D eigenvalue weighted by molar-refractivity contribution is 7.80. The van der Waals surface area contributed by atoms with Gasteiger partial charge in [0.25, 0.3) is 0 Å². The number of nitrogens with two attached hydrogens (primary N) is 1. The Kier molecular flexibility index (Phi) is 4.47. The summed E-state index contributed by atoms with van der Waals surface area (Å²) < 4.78 is 0. The van der Waals surface area contributed by atoms with Crippen LogP contribution in [0.4, 0.5) is 11.9 Å². The first-order chi connectivity index (χ1) is 10.7. The van der Waals surface area contributed by atoms with Crippen LogP contribution in [0.15, 0.2) is 23.1 Å². The molecule has 1 unspecified atom stereocenters. The van der Waals surface area contributed by atoms with Crippen LogP contribution in [0, 0.1) is 0 Å². The van der Waals surface area contributed by atoms with Crippen LogP contribution >= 0.6 is 12.6 Å². The maximum Gasteiger partial charge on any atom is 0.228 e. The Labute approximate surface area is 136 Å². The lowest BCUT2D eigenvalue weighted by molar-refractivity contribution is 0.594. The summed E-state index contributed by atoms with van der Waals surface area (Å²) in [5, 5.41) is 3.43. The number of nitrogens with one attached hydrogen (secondary N) is 1. The molecule has 0 aliphatic heterocycles. The normalized spacial score (nSPS) is 17.1. The average Bonchev–Trinajstić information content (AvgIpc) is 2.48. The van der Waals surface area contributed by atoms with Gasteiger partial charge in [0.15, 0.2) is 0 Å². The molecule has 0 saturated carbocycles. The third kappa shape index (κ3) is 3.32. The van der Waals surface area contributed by atoms with Crippen molar-refractivity contribution in [2.75, 3.05) is 11.1 Å². The maximum absolute atomic E-state index is 5.80. The molecular weight excluding hydrogens is 294 g/mol. The van der Waals surface area contributed by atoms with Crippen LogP contribution in [-0.4, -0.2) is 15.0 Å². The van der Waals surface area contributed by atoms with Gasteiger partial charge < -0.3 is 11.1 Å². The van der Waals surface area contributed by atoms with Gasteiger partial charge in [-0.05, 0) is 48.9 Å². The first kappa shape index (κ1) is 15.1. The molecule has 3 N–H and O–H groups in total. The van der Waals surface area contributed by atoms with E-state index in [0.717, 1.165) is 42.8 Å². The summed E-state index contributed by atoms with van der Waals surface area (Å²) in [5.74, 6) is 1.59. The number of anilines is 2. The largest absolute Gasteiger partial charge is 0.368 e. The minimum absolute atomic E-state index is 0.201. The van der Waals surface area contributed by atoms with Gasteiger partial charge in [0, 0.05) is 11.3 Å². The predicted molar refractivity (Wildman–Crippen MR) is 91.2 cm³/mol. The smallest absolute Gasteiger partial charge is 0.228 e. The van der Waals surface area contributed by atoms with Gasteiger partial charge in [-0.2, -0.15) is 15.0 Å². The summed E-state index contributed by atoms with van der Waals surface area (Å²) in [7, 11) is 0. The second-order valence-corrected chi connectivity index (χ2v) is 6.17. The van der Waals surface area contributed by atoms with Crippen molar-refractivity contribution in [1.29, 1.82) is 0 Å². The number of nitrogen functional groups attached to an aromatic ring is 1. The molecule has 3 rings (SSSR count). The number of rotatable bonds is 4. The summed E-state index contributed by atoms with van der Waals surface area (Å²) in [6.45, 7) is 2.10. The van der Waals surface area contributed by atoms with Crippen LogP contribution in [0.1, 0.15) is 49.2 Å². The van der Waals surface area contributed by atoms with Crippen LogP contribution in [0.5, 0.6) is 0 Å². The molecular formula is C16H21N5S. The molecule has 0 amide bonds. The predicted octanol–water partition coefficient (Wildman–Crippen LogP) is 3.18. The van der Waals surface area contributed by atoms with Crippen LogP contribution in [-0.2, 0) is 12.8 Å². The highest BCUT2D eigenvalue weighted by Gasteiger charge is 2.21. The number of aromatic nitrogens is 3. The average molecular weight is 315 g/mol. The fraction of sp³-hybridized carbons (Fsp3) is 0.438. The molecule has 1 heterocycles. The Morgan fingerprint density at radius 2 is 2.18 bits per heavy atom. The van der Waals surface area contributed by atoms with Crippen molar-refractivity contribution in [1.82, 2.24) is 15.0 Å². The van der Waals surface area contributed by atoms with Crippen molar-refractivity contribution in [3.05, 3.63) is 35.2 Å². The standard InChI is InChI=1S/C16H21N5S/c1-2-4-14-19-15(17)21-16(20-14)18-13-6-3-5-10-7-8-11(22)9-12(10)13/h7-9,13,22H,2-6H2,1H3,(H3,17,18,19,20,21). The molecule has 1 aromatic carbocycles. The zero-order valence-corrected chi connectivity index (χ0v) is 13.6. The van der Waals surface area contributed by atoms with Gasteiger partial charge in [-0.15, -0.1) is 12.6 Å². The van der Waals surface area contributed by atoms with Crippen molar-refractivity contribution in [3.63, 3.8) is 0 Å². The molecule has 0 spiro atoms. The number of hydrogen-bond acceptors (Lipinski definition) is 6. The monoisotopic (exact) mass is 315 g/mol. The molecule has 0 saturated heterocycles. The summed E-state index contributed by atoms with van der Waals surface area (Å²) >= 11 is 4.46. The molecule has 116 valence electrons. The van der Waals surface area contributed by atoms with E-state index < -0.39 is 0 Å². The fourth-order valence-electron chi connectivity index (χ4n) is 2.93. The van der Waals surface area contributed by atoms with Gasteiger partial charge in [0.05, 0.1) is 6.04 Å². The van der Waals surface area contributed by atoms with Gasteiger partial charge in [-0.1, -0.05) is 13.0 Å². The van der Waals surface area contributed by atoms with Crippen LogP contribution < -0.4 is 11.1 Å². The van der Waals surface area contributed by atoms with Crippen molar-refractivity contribution >= 4 is 24.5 Å². The minimum Gasteiger partial charge on any atom is -0.368 e. The van der Waals surface area contributed by atoms with Crippen molar-refractivity contribution in [2.45, 2.75) is 50.0 Å². The molecule has 0 radical (unpaired) electrons. The zero-order valence-electron chi connectivity index (χ0n) is 12.7. The maximum atomic E-state index is 5.80. The quantitative estimate of drug-likeness (QED) is 0.755. The lowest BCUT2D eigenvalue weighted by Crippen LogP contribution is -2.19. The van der Waals surface area contributed by atoms with Gasteiger partial charge >= 0.3 is 0 Å². The minimum atomic E-state index is 0.201. The van der Waals surface area contributed by atoms with Crippen LogP contribution in [0.3, 0.4) is 0 Å². The Morgan fingerprint density at radius 1 is 1.32 bits per heavy atom. The van der Waals surface area contributed by atoms with E-state index in [9.17, 15) is 0 Å². The van der Waals surface area contributed by atoms with E-state index in [1.54, 1.807) is 0 Å². The SMILES string of the molecule is CCCc1nc(N)nc(NC2CCCc3ccc(S)cc32)n1. The van der Waals surface area contributed by atoms with Crippen LogP contribution in [0.2, 0.25) is 0 Å².